The Morgan fingerprint density at radius 1 is 1.80 bits per heavy atom. The highest BCUT2D eigenvalue weighted by Gasteiger charge is 2.19. The lowest BCUT2D eigenvalue weighted by Crippen LogP contribution is -2.26. The van der Waals surface area contributed by atoms with Crippen LogP contribution in [0.25, 0.3) is 0 Å². The van der Waals surface area contributed by atoms with E-state index in [-0.39, 0.29) is 10.3 Å². The zero-order chi connectivity index (χ0) is 8.20. The first kappa shape index (κ1) is 10.2. The molecule has 0 aromatic rings. The summed E-state index contributed by atoms with van der Waals surface area (Å²) in [7, 11) is 0. The summed E-state index contributed by atoms with van der Waals surface area (Å²) in [6.07, 6.45) is 0. The highest BCUT2D eigenvalue weighted by atomic mass is 79.9. The van der Waals surface area contributed by atoms with Gasteiger partial charge < -0.3 is 4.74 Å². The van der Waals surface area contributed by atoms with E-state index < -0.39 is 0 Å². The number of rotatable bonds is 3. The zero-order valence-corrected chi connectivity index (χ0v) is 8.33. The van der Waals surface area contributed by atoms with Crippen LogP contribution in [0.1, 0.15) is 13.8 Å². The van der Waals surface area contributed by atoms with Gasteiger partial charge in [-0.15, -0.1) is 11.6 Å². The molecular weight excluding hydrogens is 219 g/mol. The molecule has 4 heteroatoms. The fraction of sp³-hybridized carbons (Fsp3) is 0.833. The van der Waals surface area contributed by atoms with E-state index in [9.17, 15) is 4.79 Å². The van der Waals surface area contributed by atoms with Crippen molar-refractivity contribution in [1.82, 2.24) is 0 Å². The molecule has 0 saturated carbocycles. The highest BCUT2D eigenvalue weighted by Crippen LogP contribution is 2.18. The van der Waals surface area contributed by atoms with Crippen molar-refractivity contribution >= 4 is 33.5 Å². The Labute approximate surface area is 74.0 Å². The second-order valence-electron chi connectivity index (χ2n) is 2.33. The van der Waals surface area contributed by atoms with Crippen LogP contribution in [0.2, 0.25) is 0 Å². The lowest BCUT2D eigenvalue weighted by molar-refractivity contribution is -0.141. The smallest absolute Gasteiger partial charge is 0.302 e. The highest BCUT2D eigenvalue weighted by molar-refractivity contribution is 9.10. The molecule has 1 unspecified atom stereocenters. The Morgan fingerprint density at radius 3 is 2.60 bits per heavy atom. The van der Waals surface area contributed by atoms with Crippen molar-refractivity contribution in [3.05, 3.63) is 0 Å². The van der Waals surface area contributed by atoms with Crippen LogP contribution in [-0.4, -0.2) is 22.8 Å². The Bertz CT molecular complexity index is 125. The molecule has 0 saturated heterocycles. The summed E-state index contributed by atoms with van der Waals surface area (Å²) in [5.74, 6) is 0.135. The number of esters is 1. The van der Waals surface area contributed by atoms with E-state index in [1.807, 2.05) is 6.92 Å². The van der Waals surface area contributed by atoms with Crippen molar-refractivity contribution in [2.75, 3.05) is 12.5 Å². The van der Waals surface area contributed by atoms with Gasteiger partial charge in [-0.1, -0.05) is 15.9 Å². The Morgan fingerprint density at radius 2 is 2.30 bits per heavy atom. The van der Waals surface area contributed by atoms with Crippen LogP contribution < -0.4 is 0 Å². The number of hydrogen-bond acceptors (Lipinski definition) is 2. The van der Waals surface area contributed by atoms with Crippen molar-refractivity contribution in [3.8, 4) is 0 Å². The molecule has 10 heavy (non-hydrogen) atoms. The first-order chi connectivity index (χ1) is 4.48. The molecule has 0 aliphatic heterocycles. The van der Waals surface area contributed by atoms with Gasteiger partial charge in [0, 0.05) is 12.8 Å². The van der Waals surface area contributed by atoms with Crippen LogP contribution in [0.4, 0.5) is 0 Å². The van der Waals surface area contributed by atoms with E-state index in [0.717, 1.165) is 0 Å². The largest absolute Gasteiger partial charge is 0.464 e. The molecule has 0 radical (unpaired) electrons. The summed E-state index contributed by atoms with van der Waals surface area (Å²) in [6.45, 7) is 3.55. The Kier molecular flexibility index (Phi) is 4.29. The Balaban J connectivity index is 3.56. The molecule has 0 rings (SSSR count). The summed E-state index contributed by atoms with van der Waals surface area (Å²) in [4.78, 5) is 10.3. The van der Waals surface area contributed by atoms with Crippen molar-refractivity contribution < 1.29 is 9.53 Å². The van der Waals surface area contributed by atoms with Gasteiger partial charge in [0.05, 0.1) is 4.32 Å². The third kappa shape index (κ3) is 5.06. The molecule has 60 valence electrons. The van der Waals surface area contributed by atoms with E-state index in [1.165, 1.54) is 6.92 Å². The monoisotopic (exact) mass is 228 g/mol. The minimum Gasteiger partial charge on any atom is -0.464 e. The summed E-state index contributed by atoms with van der Waals surface area (Å²) in [5, 5.41) is 0. The minimum atomic E-state index is -0.291. The maximum Gasteiger partial charge on any atom is 0.302 e. The Hall–Kier alpha value is 0.240. The van der Waals surface area contributed by atoms with E-state index in [1.54, 1.807) is 0 Å². The fourth-order valence-electron chi connectivity index (χ4n) is 0.291. The van der Waals surface area contributed by atoms with Crippen LogP contribution in [0.15, 0.2) is 0 Å². The number of ether oxygens (including phenoxy) is 1. The van der Waals surface area contributed by atoms with Gasteiger partial charge in [-0.05, 0) is 6.92 Å². The average molecular weight is 230 g/mol. The van der Waals surface area contributed by atoms with Crippen molar-refractivity contribution in [2.45, 2.75) is 18.2 Å². The number of carbonyl (C=O) groups is 1. The summed E-state index contributed by atoms with van der Waals surface area (Å²) in [5.41, 5.74) is 0. The maximum atomic E-state index is 10.3. The molecule has 1 atom stereocenters. The van der Waals surface area contributed by atoms with Gasteiger partial charge in [0.15, 0.2) is 0 Å². The van der Waals surface area contributed by atoms with Gasteiger partial charge in [0.1, 0.15) is 6.61 Å². The van der Waals surface area contributed by atoms with Crippen LogP contribution in [0.3, 0.4) is 0 Å². The molecule has 0 spiro atoms. The van der Waals surface area contributed by atoms with Crippen molar-refractivity contribution in [2.24, 2.45) is 0 Å². The van der Waals surface area contributed by atoms with Crippen molar-refractivity contribution in [3.63, 3.8) is 0 Å². The number of carbonyl (C=O) groups excluding carboxylic acids is 1. The molecular formula is C6H10BrClO2. The quantitative estimate of drug-likeness (QED) is 0.546. The van der Waals surface area contributed by atoms with Crippen molar-refractivity contribution in [1.29, 1.82) is 0 Å². The number of halogens is 2. The van der Waals surface area contributed by atoms with E-state index in [4.69, 9.17) is 16.3 Å². The van der Waals surface area contributed by atoms with Crippen LogP contribution >= 0.6 is 27.5 Å². The minimum absolute atomic E-state index is 0.282. The van der Waals surface area contributed by atoms with Crippen LogP contribution in [-0.2, 0) is 9.53 Å². The third-order valence-electron chi connectivity index (χ3n) is 0.855. The normalized spacial score (nSPS) is 16.0. The molecule has 0 fully saturated rings. The van der Waals surface area contributed by atoms with Gasteiger partial charge >= 0.3 is 5.97 Å². The summed E-state index contributed by atoms with van der Waals surface area (Å²) >= 11 is 8.84. The molecule has 0 aliphatic rings. The SMILES string of the molecule is CC(=O)OCC(C)(Br)CCl. The third-order valence-corrected chi connectivity index (χ3v) is 2.28. The van der Waals surface area contributed by atoms with Crippen LogP contribution in [0.5, 0.6) is 0 Å². The molecule has 0 aliphatic carbocycles. The summed E-state index contributed by atoms with van der Waals surface area (Å²) in [6, 6.07) is 0. The lowest BCUT2D eigenvalue weighted by Gasteiger charge is -2.17. The first-order valence-electron chi connectivity index (χ1n) is 2.86. The predicted octanol–water partition coefficient (Wildman–Crippen LogP) is 1.94. The summed E-state index contributed by atoms with van der Waals surface area (Å²) < 4.78 is 4.44. The fourth-order valence-corrected chi connectivity index (χ4v) is 0.482. The van der Waals surface area contributed by atoms with Gasteiger partial charge in [0.2, 0.25) is 0 Å². The van der Waals surface area contributed by atoms with Gasteiger partial charge in [-0.25, -0.2) is 0 Å². The second kappa shape index (κ2) is 4.19. The van der Waals surface area contributed by atoms with Crippen LogP contribution in [0, 0.1) is 0 Å². The predicted molar refractivity (Wildman–Crippen MR) is 44.7 cm³/mol. The molecule has 0 N–H and O–H groups in total. The molecule has 0 amide bonds. The average Bonchev–Trinajstić information content (AvgIpc) is 1.85. The zero-order valence-electron chi connectivity index (χ0n) is 5.99. The van der Waals surface area contributed by atoms with E-state index in [2.05, 4.69) is 15.9 Å². The van der Waals surface area contributed by atoms with E-state index in [0.29, 0.717) is 12.5 Å². The topological polar surface area (TPSA) is 26.3 Å². The standard InChI is InChI=1S/C6H10BrClO2/c1-5(9)10-4-6(2,7)3-8/h3-4H2,1-2H3. The molecule has 0 aromatic heterocycles. The lowest BCUT2D eigenvalue weighted by atomic mass is 10.2. The first-order valence-corrected chi connectivity index (χ1v) is 4.19. The van der Waals surface area contributed by atoms with Gasteiger partial charge in [-0.3, -0.25) is 4.79 Å². The van der Waals surface area contributed by atoms with Gasteiger partial charge in [0.25, 0.3) is 0 Å². The number of hydrogen-bond donors (Lipinski definition) is 0. The molecule has 0 bridgehead atoms. The second-order valence-corrected chi connectivity index (χ2v) is 4.51. The molecule has 0 heterocycles. The maximum absolute atomic E-state index is 10.3. The van der Waals surface area contributed by atoms with Gasteiger partial charge in [-0.2, -0.15) is 0 Å². The number of alkyl halides is 2. The molecule has 0 aromatic carbocycles. The van der Waals surface area contributed by atoms with E-state index >= 15 is 0 Å². The molecule has 2 nitrogen and oxygen atoms in total.